The summed E-state index contributed by atoms with van der Waals surface area (Å²) in [5.74, 6) is -1.74. The maximum atomic E-state index is 13.5. The number of carbonyl (C=O) groups is 2. The Labute approximate surface area is 213 Å². The van der Waals surface area contributed by atoms with Gasteiger partial charge in [0.15, 0.2) is 18.1 Å². The van der Waals surface area contributed by atoms with Crippen LogP contribution < -0.4 is 15.4 Å². The Morgan fingerprint density at radius 3 is 2.65 bits per heavy atom. The molecule has 0 aliphatic carbocycles. The van der Waals surface area contributed by atoms with Crippen LogP contribution in [0.25, 0.3) is 11.3 Å². The third-order valence-corrected chi connectivity index (χ3v) is 5.41. The molecule has 4 aromatic rings. The second-order valence-corrected chi connectivity index (χ2v) is 8.33. The summed E-state index contributed by atoms with van der Waals surface area (Å²) in [4.78, 5) is 30.6. The number of hydrogen-bond donors (Lipinski definition) is 2. The quantitative estimate of drug-likeness (QED) is 0.349. The SMILES string of the molecule is CCCNC(=O)c1c(NC(=O)c2cc(OCC(F)(F)F)nn2-c2ncccc2Cl)c(C)cc2ccnn12. The number of aryl methyl sites for hydroxylation is 1. The van der Waals surface area contributed by atoms with E-state index < -0.39 is 30.5 Å². The van der Waals surface area contributed by atoms with Gasteiger partial charge in [-0.1, -0.05) is 18.5 Å². The van der Waals surface area contributed by atoms with Gasteiger partial charge in [-0.3, -0.25) is 9.59 Å². The molecule has 0 fully saturated rings. The number of halogens is 4. The molecule has 37 heavy (non-hydrogen) atoms. The van der Waals surface area contributed by atoms with E-state index in [2.05, 4.69) is 25.8 Å². The lowest BCUT2D eigenvalue weighted by molar-refractivity contribution is -0.154. The molecule has 194 valence electrons. The van der Waals surface area contributed by atoms with E-state index in [0.717, 1.165) is 10.7 Å². The van der Waals surface area contributed by atoms with Crippen LogP contribution in [0.4, 0.5) is 18.9 Å². The minimum atomic E-state index is -4.62. The van der Waals surface area contributed by atoms with Gasteiger partial charge in [0.05, 0.1) is 22.4 Å². The zero-order chi connectivity index (χ0) is 26.7. The molecule has 0 saturated heterocycles. The van der Waals surface area contributed by atoms with Crippen LogP contribution in [0, 0.1) is 6.92 Å². The highest BCUT2D eigenvalue weighted by molar-refractivity contribution is 6.32. The van der Waals surface area contributed by atoms with Gasteiger partial charge in [0.25, 0.3) is 11.8 Å². The van der Waals surface area contributed by atoms with Gasteiger partial charge in [-0.15, -0.1) is 5.10 Å². The Kier molecular flexibility index (Phi) is 7.34. The van der Waals surface area contributed by atoms with Gasteiger partial charge < -0.3 is 15.4 Å². The fourth-order valence-corrected chi connectivity index (χ4v) is 3.71. The van der Waals surface area contributed by atoms with Crippen LogP contribution in [-0.4, -0.2) is 55.5 Å². The first kappa shape index (κ1) is 25.9. The first-order valence-electron chi connectivity index (χ1n) is 11.1. The molecule has 10 nitrogen and oxygen atoms in total. The summed E-state index contributed by atoms with van der Waals surface area (Å²) in [6.07, 6.45) is -1.04. The van der Waals surface area contributed by atoms with Crippen LogP contribution in [0.5, 0.6) is 5.88 Å². The third-order valence-electron chi connectivity index (χ3n) is 5.11. The first-order chi connectivity index (χ1) is 17.6. The highest BCUT2D eigenvalue weighted by Gasteiger charge is 2.30. The molecular weight excluding hydrogens is 515 g/mol. The van der Waals surface area contributed by atoms with Crippen molar-refractivity contribution in [3.05, 3.63) is 64.7 Å². The summed E-state index contributed by atoms with van der Waals surface area (Å²) in [5.41, 5.74) is 1.20. The summed E-state index contributed by atoms with van der Waals surface area (Å²) in [7, 11) is 0. The molecule has 4 rings (SSSR count). The maximum absolute atomic E-state index is 13.5. The number of alkyl halides is 3. The van der Waals surface area contributed by atoms with Crippen molar-refractivity contribution in [3.63, 3.8) is 0 Å². The fraction of sp³-hybridized carbons (Fsp3) is 0.261. The number of anilines is 1. The zero-order valence-corrected chi connectivity index (χ0v) is 20.4. The number of amides is 2. The molecule has 2 amide bonds. The number of ether oxygens (including phenoxy) is 1. The van der Waals surface area contributed by atoms with E-state index in [9.17, 15) is 22.8 Å². The van der Waals surface area contributed by atoms with Crippen LogP contribution >= 0.6 is 11.6 Å². The van der Waals surface area contributed by atoms with Crippen molar-refractivity contribution in [1.29, 1.82) is 0 Å². The highest BCUT2D eigenvalue weighted by Crippen LogP contribution is 2.27. The predicted octanol–water partition coefficient (Wildman–Crippen LogP) is 4.21. The molecule has 0 aliphatic rings. The topological polar surface area (TPSA) is 115 Å². The van der Waals surface area contributed by atoms with Crippen LogP contribution in [0.2, 0.25) is 5.02 Å². The Morgan fingerprint density at radius 1 is 1.16 bits per heavy atom. The van der Waals surface area contributed by atoms with Crippen molar-refractivity contribution >= 4 is 34.6 Å². The van der Waals surface area contributed by atoms with E-state index in [-0.39, 0.29) is 27.9 Å². The Bertz CT molecular complexity index is 1470. The summed E-state index contributed by atoms with van der Waals surface area (Å²) < 4.78 is 45.3. The van der Waals surface area contributed by atoms with Gasteiger partial charge in [0.2, 0.25) is 5.88 Å². The normalized spacial score (nSPS) is 11.5. The summed E-state index contributed by atoms with van der Waals surface area (Å²) >= 11 is 6.21. The van der Waals surface area contributed by atoms with Gasteiger partial charge in [-0.2, -0.15) is 18.3 Å². The van der Waals surface area contributed by atoms with E-state index in [1.54, 1.807) is 25.1 Å². The number of nitrogens with one attached hydrogen (secondary N) is 2. The van der Waals surface area contributed by atoms with Gasteiger partial charge in [0, 0.05) is 18.8 Å². The number of rotatable bonds is 8. The van der Waals surface area contributed by atoms with Gasteiger partial charge >= 0.3 is 6.18 Å². The maximum Gasteiger partial charge on any atom is 0.422 e. The third kappa shape index (κ3) is 5.66. The van der Waals surface area contributed by atoms with Crippen molar-refractivity contribution in [2.45, 2.75) is 26.4 Å². The number of nitrogens with zero attached hydrogens (tertiary/aromatic N) is 5. The number of fused-ring (bicyclic) bond motifs is 1. The van der Waals surface area contributed by atoms with E-state index in [0.29, 0.717) is 24.0 Å². The molecule has 0 spiro atoms. The average molecular weight is 536 g/mol. The molecule has 0 unspecified atom stereocenters. The number of aromatic nitrogens is 5. The molecular formula is C23H21ClF3N7O3. The largest absolute Gasteiger partial charge is 0.467 e. The lowest BCUT2D eigenvalue weighted by atomic mass is 10.1. The molecule has 0 radical (unpaired) electrons. The fourth-order valence-electron chi connectivity index (χ4n) is 3.51. The van der Waals surface area contributed by atoms with Crippen molar-refractivity contribution in [1.82, 2.24) is 29.7 Å². The number of hydrogen-bond acceptors (Lipinski definition) is 6. The summed E-state index contributed by atoms with van der Waals surface area (Å²) in [6.45, 7) is 2.38. The standard InChI is InChI=1S/C23H21ClF3N7O3/c1-3-7-29-22(36)19-18(13(2)10-14-6-9-30-33(14)19)31-21(35)16-11-17(37-12-23(25,26)27)32-34(16)20-15(24)5-4-8-28-20/h4-6,8-11H,3,7,12H2,1-2H3,(H,29,36)(H,31,35). The van der Waals surface area contributed by atoms with Crippen LogP contribution in [-0.2, 0) is 0 Å². The van der Waals surface area contributed by atoms with Crippen LogP contribution in [0.15, 0.2) is 42.7 Å². The second kappa shape index (κ2) is 10.5. The van der Waals surface area contributed by atoms with E-state index in [1.165, 1.54) is 23.0 Å². The minimum absolute atomic E-state index is 0.00339. The number of pyridine rings is 2. The highest BCUT2D eigenvalue weighted by atomic mass is 35.5. The van der Waals surface area contributed by atoms with Crippen LogP contribution in [0.1, 0.15) is 39.9 Å². The molecule has 0 saturated carbocycles. The van der Waals surface area contributed by atoms with Crippen molar-refractivity contribution in [2.75, 3.05) is 18.5 Å². The van der Waals surface area contributed by atoms with Crippen LogP contribution in [0.3, 0.4) is 0 Å². The molecule has 0 atom stereocenters. The van der Waals surface area contributed by atoms with Gasteiger partial charge in [-0.05, 0) is 43.2 Å². The molecule has 0 aromatic carbocycles. The molecule has 2 N–H and O–H groups in total. The average Bonchev–Trinajstić information content (AvgIpc) is 3.48. The molecule has 14 heteroatoms. The lowest BCUT2D eigenvalue weighted by Gasteiger charge is -2.16. The Morgan fingerprint density at radius 2 is 1.95 bits per heavy atom. The van der Waals surface area contributed by atoms with E-state index in [1.807, 2.05) is 6.92 Å². The summed E-state index contributed by atoms with van der Waals surface area (Å²) in [5, 5.41) is 13.7. The van der Waals surface area contributed by atoms with Gasteiger partial charge in [0.1, 0.15) is 5.69 Å². The lowest BCUT2D eigenvalue weighted by Crippen LogP contribution is -2.29. The molecule has 0 aliphatic heterocycles. The van der Waals surface area contributed by atoms with Crippen molar-refractivity contribution < 1.29 is 27.5 Å². The summed E-state index contributed by atoms with van der Waals surface area (Å²) in [6, 6.07) is 7.49. The molecule has 4 heterocycles. The second-order valence-electron chi connectivity index (χ2n) is 7.92. The zero-order valence-electron chi connectivity index (χ0n) is 19.6. The molecule has 0 bridgehead atoms. The monoisotopic (exact) mass is 535 g/mol. The van der Waals surface area contributed by atoms with E-state index in [4.69, 9.17) is 16.3 Å². The Hall–Kier alpha value is -4.13. The Balaban J connectivity index is 1.77. The molecule has 4 aromatic heterocycles. The first-order valence-corrected chi connectivity index (χ1v) is 11.4. The smallest absolute Gasteiger partial charge is 0.422 e. The van der Waals surface area contributed by atoms with Crippen molar-refractivity contribution in [2.24, 2.45) is 0 Å². The minimum Gasteiger partial charge on any atom is -0.467 e. The van der Waals surface area contributed by atoms with Crippen molar-refractivity contribution in [3.8, 4) is 11.7 Å². The number of carbonyl (C=O) groups excluding carboxylic acids is 2. The van der Waals surface area contributed by atoms with E-state index >= 15 is 0 Å². The van der Waals surface area contributed by atoms with Gasteiger partial charge in [-0.25, -0.2) is 14.2 Å². The predicted molar refractivity (Wildman–Crippen MR) is 128 cm³/mol.